The third kappa shape index (κ3) is 3.81. The van der Waals surface area contributed by atoms with Crippen molar-refractivity contribution in [2.45, 2.75) is 6.42 Å². The summed E-state index contributed by atoms with van der Waals surface area (Å²) in [6, 6.07) is 7.62. The maximum atomic E-state index is 11.9. The Morgan fingerprint density at radius 1 is 1.47 bits per heavy atom. The van der Waals surface area contributed by atoms with Crippen molar-refractivity contribution in [3.63, 3.8) is 0 Å². The van der Waals surface area contributed by atoms with Gasteiger partial charge < -0.3 is 10.6 Å². The van der Waals surface area contributed by atoms with Gasteiger partial charge in [0.25, 0.3) is 5.91 Å². The van der Waals surface area contributed by atoms with Gasteiger partial charge in [-0.3, -0.25) is 4.79 Å². The number of halogens is 1. The van der Waals surface area contributed by atoms with E-state index in [0.717, 1.165) is 28.6 Å². The van der Waals surface area contributed by atoms with E-state index in [-0.39, 0.29) is 5.91 Å². The molecule has 0 aliphatic carbocycles. The summed E-state index contributed by atoms with van der Waals surface area (Å²) in [6.07, 6.45) is 3.17. The molecule has 1 heterocycles. The minimum Gasteiger partial charge on any atom is -0.348 e. The number of hydrogen-bond acceptors (Lipinski definition) is 2. The number of nitrogens with one attached hydrogen (secondary N) is 2. The van der Waals surface area contributed by atoms with Crippen LogP contribution in [0.2, 0.25) is 0 Å². The fraction of sp³-hybridized carbons (Fsp3) is 0.308. The molecular weight excluding hydrogens is 327 g/mol. The van der Waals surface area contributed by atoms with Crippen LogP contribution in [-0.4, -0.2) is 25.5 Å². The summed E-state index contributed by atoms with van der Waals surface area (Å²) in [5, 5.41) is 6.21. The highest BCUT2D eigenvalue weighted by molar-refractivity contribution is 14.1. The van der Waals surface area contributed by atoms with Gasteiger partial charge in [0, 0.05) is 22.2 Å². The second-order valence-electron chi connectivity index (χ2n) is 4.01. The Labute approximate surface area is 115 Å². The van der Waals surface area contributed by atoms with Gasteiger partial charge in [-0.25, -0.2) is 0 Å². The van der Waals surface area contributed by atoms with E-state index in [1.165, 1.54) is 5.57 Å². The predicted molar refractivity (Wildman–Crippen MR) is 77.1 cm³/mol. The van der Waals surface area contributed by atoms with E-state index >= 15 is 0 Å². The Bertz CT molecular complexity index is 443. The van der Waals surface area contributed by atoms with Gasteiger partial charge in [-0.2, -0.15) is 0 Å². The molecular formula is C13H15IN2O. The Kier molecular flexibility index (Phi) is 4.56. The molecule has 4 heteroatoms. The van der Waals surface area contributed by atoms with Crippen molar-refractivity contribution >= 4 is 28.5 Å². The lowest BCUT2D eigenvalue weighted by atomic mass is 10.1. The first-order chi connectivity index (χ1) is 8.25. The van der Waals surface area contributed by atoms with Crippen LogP contribution in [0.15, 0.2) is 35.9 Å². The first kappa shape index (κ1) is 12.6. The van der Waals surface area contributed by atoms with Gasteiger partial charge in [0.1, 0.15) is 0 Å². The molecule has 0 bridgehead atoms. The molecule has 0 aromatic heterocycles. The quantitative estimate of drug-likeness (QED) is 0.651. The van der Waals surface area contributed by atoms with Gasteiger partial charge in [0.15, 0.2) is 0 Å². The molecule has 1 aliphatic rings. The number of hydrogen-bond donors (Lipinski definition) is 2. The fourth-order valence-corrected chi connectivity index (χ4v) is 2.30. The zero-order valence-electron chi connectivity index (χ0n) is 9.50. The highest BCUT2D eigenvalue weighted by Crippen LogP contribution is 2.08. The number of carbonyl (C=O) groups is 1. The van der Waals surface area contributed by atoms with E-state index in [1.54, 1.807) is 0 Å². The number of amides is 1. The molecule has 2 rings (SSSR count). The van der Waals surface area contributed by atoms with Crippen LogP contribution in [0.1, 0.15) is 16.8 Å². The molecule has 0 unspecified atom stereocenters. The molecule has 0 atom stereocenters. The second kappa shape index (κ2) is 6.16. The average Bonchev–Trinajstić information content (AvgIpc) is 2.37. The van der Waals surface area contributed by atoms with Crippen LogP contribution in [0.3, 0.4) is 0 Å². The molecule has 17 heavy (non-hydrogen) atoms. The third-order valence-corrected chi connectivity index (χ3v) is 3.39. The lowest BCUT2D eigenvalue weighted by Crippen LogP contribution is -2.29. The molecule has 0 radical (unpaired) electrons. The van der Waals surface area contributed by atoms with E-state index in [2.05, 4.69) is 39.3 Å². The van der Waals surface area contributed by atoms with Gasteiger partial charge in [0.05, 0.1) is 0 Å². The Balaban J connectivity index is 1.91. The summed E-state index contributed by atoms with van der Waals surface area (Å²) < 4.78 is 1.08. The maximum absolute atomic E-state index is 11.9. The van der Waals surface area contributed by atoms with Gasteiger partial charge >= 0.3 is 0 Å². The average molecular weight is 342 g/mol. The first-order valence-corrected chi connectivity index (χ1v) is 6.76. The summed E-state index contributed by atoms with van der Waals surface area (Å²) in [7, 11) is 0. The molecule has 90 valence electrons. The molecule has 1 aromatic rings. The minimum absolute atomic E-state index is 0.00273. The zero-order chi connectivity index (χ0) is 12.1. The Morgan fingerprint density at radius 2 is 2.35 bits per heavy atom. The van der Waals surface area contributed by atoms with E-state index in [4.69, 9.17) is 0 Å². The summed E-state index contributed by atoms with van der Waals surface area (Å²) in [6.45, 7) is 2.57. The van der Waals surface area contributed by atoms with Crippen LogP contribution >= 0.6 is 22.6 Å². The standard InChI is InChI=1S/C13H15IN2O/c14-12-3-1-2-11(8-12)13(17)16-9-10-4-6-15-7-5-10/h1-4,8,15H,5-7,9H2,(H,16,17). The van der Waals surface area contributed by atoms with E-state index in [0.29, 0.717) is 6.54 Å². The SMILES string of the molecule is O=C(NCC1=CCNCC1)c1cccc(I)c1. The molecule has 1 amide bonds. The van der Waals surface area contributed by atoms with Crippen molar-refractivity contribution < 1.29 is 4.79 Å². The topological polar surface area (TPSA) is 41.1 Å². The van der Waals surface area contributed by atoms with Gasteiger partial charge in [-0.05, 0) is 53.8 Å². The van der Waals surface area contributed by atoms with E-state index in [9.17, 15) is 4.79 Å². The molecule has 2 N–H and O–H groups in total. The van der Waals surface area contributed by atoms with Crippen molar-refractivity contribution in [3.05, 3.63) is 45.0 Å². The Hall–Kier alpha value is -0.880. The zero-order valence-corrected chi connectivity index (χ0v) is 11.7. The lowest BCUT2D eigenvalue weighted by Gasteiger charge is -2.14. The lowest BCUT2D eigenvalue weighted by molar-refractivity contribution is 0.0956. The van der Waals surface area contributed by atoms with Gasteiger partial charge in [-0.15, -0.1) is 0 Å². The van der Waals surface area contributed by atoms with Gasteiger partial charge in [-0.1, -0.05) is 17.7 Å². The molecule has 1 aromatic carbocycles. The van der Waals surface area contributed by atoms with Crippen LogP contribution in [0.5, 0.6) is 0 Å². The summed E-state index contributed by atoms with van der Waals surface area (Å²) >= 11 is 2.21. The minimum atomic E-state index is 0.00273. The number of rotatable bonds is 3. The van der Waals surface area contributed by atoms with Gasteiger partial charge in [0.2, 0.25) is 0 Å². The van der Waals surface area contributed by atoms with Crippen LogP contribution in [0.25, 0.3) is 0 Å². The van der Waals surface area contributed by atoms with Crippen molar-refractivity contribution in [3.8, 4) is 0 Å². The largest absolute Gasteiger partial charge is 0.348 e. The molecule has 1 aliphatic heterocycles. The van der Waals surface area contributed by atoms with E-state index in [1.807, 2.05) is 24.3 Å². The van der Waals surface area contributed by atoms with Crippen molar-refractivity contribution in [2.24, 2.45) is 0 Å². The molecule has 3 nitrogen and oxygen atoms in total. The van der Waals surface area contributed by atoms with Crippen LogP contribution in [-0.2, 0) is 0 Å². The van der Waals surface area contributed by atoms with E-state index < -0.39 is 0 Å². The smallest absolute Gasteiger partial charge is 0.251 e. The normalized spacial score (nSPS) is 15.2. The third-order valence-electron chi connectivity index (χ3n) is 2.72. The fourth-order valence-electron chi connectivity index (χ4n) is 1.76. The molecule has 0 spiro atoms. The summed E-state index contributed by atoms with van der Waals surface area (Å²) in [4.78, 5) is 11.9. The molecule has 0 saturated heterocycles. The van der Waals surface area contributed by atoms with Crippen molar-refractivity contribution in [1.82, 2.24) is 10.6 Å². The summed E-state index contributed by atoms with van der Waals surface area (Å²) in [5.41, 5.74) is 2.04. The highest BCUT2D eigenvalue weighted by atomic mass is 127. The summed E-state index contributed by atoms with van der Waals surface area (Å²) in [5.74, 6) is 0.00273. The Morgan fingerprint density at radius 3 is 3.06 bits per heavy atom. The van der Waals surface area contributed by atoms with Crippen molar-refractivity contribution in [1.29, 1.82) is 0 Å². The van der Waals surface area contributed by atoms with Crippen molar-refractivity contribution in [2.75, 3.05) is 19.6 Å². The molecule has 0 saturated carbocycles. The predicted octanol–water partition coefficient (Wildman–Crippen LogP) is 1.94. The number of carbonyl (C=O) groups excluding carboxylic acids is 1. The van der Waals surface area contributed by atoms with Crippen LogP contribution in [0.4, 0.5) is 0 Å². The highest BCUT2D eigenvalue weighted by Gasteiger charge is 2.07. The second-order valence-corrected chi connectivity index (χ2v) is 5.26. The first-order valence-electron chi connectivity index (χ1n) is 5.68. The maximum Gasteiger partial charge on any atom is 0.251 e. The van der Waals surface area contributed by atoms with Crippen LogP contribution < -0.4 is 10.6 Å². The number of benzene rings is 1. The van der Waals surface area contributed by atoms with Crippen LogP contribution in [0, 0.1) is 3.57 Å². The monoisotopic (exact) mass is 342 g/mol. The molecule has 0 fully saturated rings.